The molecule has 2 aromatic carbocycles. The molecule has 0 aliphatic carbocycles. The quantitative estimate of drug-likeness (QED) is 0.656. The van der Waals surface area contributed by atoms with Gasteiger partial charge in [0.15, 0.2) is 0 Å². The van der Waals surface area contributed by atoms with Gasteiger partial charge < -0.3 is 15.3 Å². The van der Waals surface area contributed by atoms with Gasteiger partial charge in [-0.25, -0.2) is 4.39 Å². The highest BCUT2D eigenvalue weighted by Gasteiger charge is 2.28. The number of fused-ring (bicyclic) bond motifs is 1. The zero-order valence-corrected chi connectivity index (χ0v) is 17.5. The lowest BCUT2D eigenvalue weighted by molar-refractivity contribution is 0.0734. The Morgan fingerprint density at radius 2 is 1.91 bits per heavy atom. The summed E-state index contributed by atoms with van der Waals surface area (Å²) in [5.74, 6) is -1.14. The number of nitrogens with zero attached hydrogens (tertiary/aromatic N) is 2. The van der Waals surface area contributed by atoms with E-state index in [4.69, 9.17) is 0 Å². The van der Waals surface area contributed by atoms with Crippen LogP contribution in [0.15, 0.2) is 59.5 Å². The monoisotopic (exact) mass is 435 g/mol. The molecule has 1 aliphatic heterocycles. The van der Waals surface area contributed by atoms with Gasteiger partial charge in [-0.05, 0) is 59.5 Å². The second kappa shape index (κ2) is 8.76. The lowest BCUT2D eigenvalue weighted by Gasteiger charge is -2.30. The van der Waals surface area contributed by atoms with Crippen molar-refractivity contribution in [2.45, 2.75) is 19.6 Å². The molecule has 1 aliphatic rings. The van der Waals surface area contributed by atoms with Crippen molar-refractivity contribution < 1.29 is 19.1 Å². The van der Waals surface area contributed by atoms with Crippen LogP contribution in [0.25, 0.3) is 5.69 Å². The predicted molar refractivity (Wildman–Crippen MR) is 116 cm³/mol. The summed E-state index contributed by atoms with van der Waals surface area (Å²) in [5.41, 5.74) is 2.34. The number of hydrogen-bond donors (Lipinski definition) is 2. The van der Waals surface area contributed by atoms with Crippen molar-refractivity contribution in [3.8, 4) is 5.69 Å². The van der Waals surface area contributed by atoms with Crippen molar-refractivity contribution in [3.05, 3.63) is 98.7 Å². The third-order valence-corrected chi connectivity index (χ3v) is 5.60. The van der Waals surface area contributed by atoms with Gasteiger partial charge in [0.2, 0.25) is 0 Å². The Balaban J connectivity index is 1.77. The number of aromatic nitrogens is 1. The summed E-state index contributed by atoms with van der Waals surface area (Å²) >= 11 is 0. The van der Waals surface area contributed by atoms with Crippen molar-refractivity contribution in [2.24, 2.45) is 0 Å². The van der Waals surface area contributed by atoms with Gasteiger partial charge in [0.1, 0.15) is 11.4 Å². The molecule has 164 valence electrons. The Kier molecular flexibility index (Phi) is 5.87. The van der Waals surface area contributed by atoms with E-state index in [1.54, 1.807) is 35.4 Å². The summed E-state index contributed by atoms with van der Waals surface area (Å²) in [4.78, 5) is 40.4. The lowest BCUT2D eigenvalue weighted by atomic mass is 9.95. The van der Waals surface area contributed by atoms with Gasteiger partial charge in [0.05, 0.1) is 6.61 Å². The lowest BCUT2D eigenvalue weighted by Crippen LogP contribution is -2.40. The van der Waals surface area contributed by atoms with E-state index in [2.05, 4.69) is 5.32 Å². The molecule has 2 heterocycles. The molecule has 8 heteroatoms. The summed E-state index contributed by atoms with van der Waals surface area (Å²) in [7, 11) is 1.45. The number of hydrogen-bond acceptors (Lipinski definition) is 4. The van der Waals surface area contributed by atoms with Crippen molar-refractivity contribution in [3.63, 3.8) is 0 Å². The van der Waals surface area contributed by atoms with E-state index in [1.807, 2.05) is 0 Å². The van der Waals surface area contributed by atoms with E-state index in [1.165, 1.54) is 35.9 Å². The van der Waals surface area contributed by atoms with E-state index in [9.17, 15) is 23.9 Å². The molecule has 0 unspecified atom stereocenters. The maximum atomic E-state index is 13.4. The van der Waals surface area contributed by atoms with Gasteiger partial charge in [-0.15, -0.1) is 0 Å². The third-order valence-electron chi connectivity index (χ3n) is 5.60. The van der Waals surface area contributed by atoms with Crippen molar-refractivity contribution >= 4 is 11.8 Å². The molecule has 0 fully saturated rings. The second-order valence-electron chi connectivity index (χ2n) is 7.57. The third kappa shape index (κ3) is 3.92. The second-order valence-corrected chi connectivity index (χ2v) is 7.57. The van der Waals surface area contributed by atoms with Gasteiger partial charge in [0, 0.05) is 37.6 Å². The number of carbonyl (C=O) groups is 2. The molecule has 2 N–H and O–H groups in total. The number of carbonyl (C=O) groups excluding carboxylic acids is 2. The zero-order chi connectivity index (χ0) is 22.8. The Morgan fingerprint density at radius 1 is 1.16 bits per heavy atom. The Labute approximate surface area is 183 Å². The number of pyridine rings is 1. The maximum absolute atomic E-state index is 13.4. The number of aliphatic hydroxyl groups is 1. The molecule has 7 nitrogen and oxygen atoms in total. The number of amides is 2. The largest absolute Gasteiger partial charge is 0.392 e. The highest BCUT2D eigenvalue weighted by atomic mass is 19.1. The first-order valence-electron chi connectivity index (χ1n) is 10.2. The topological polar surface area (TPSA) is 91.6 Å². The molecular weight excluding hydrogens is 413 g/mol. The molecule has 3 aromatic rings. The fourth-order valence-corrected chi connectivity index (χ4v) is 3.97. The van der Waals surface area contributed by atoms with E-state index >= 15 is 0 Å². The van der Waals surface area contributed by atoms with Gasteiger partial charge in [0.25, 0.3) is 17.4 Å². The van der Waals surface area contributed by atoms with E-state index < -0.39 is 17.3 Å². The fraction of sp³-hybridized carbons (Fsp3) is 0.208. The Hall–Kier alpha value is -3.78. The van der Waals surface area contributed by atoms with Gasteiger partial charge in [-0.2, -0.15) is 0 Å². The molecule has 0 atom stereocenters. The number of benzene rings is 2. The number of halogens is 1. The van der Waals surface area contributed by atoms with Crippen molar-refractivity contribution in [1.29, 1.82) is 0 Å². The predicted octanol–water partition coefficient (Wildman–Crippen LogP) is 2.03. The van der Waals surface area contributed by atoms with E-state index in [-0.39, 0.29) is 24.6 Å². The highest BCUT2D eigenvalue weighted by molar-refractivity contribution is 5.96. The standard InChI is InChI=1S/C24H22FN3O4/c1-26-22(30)21-20-9-10-27(23(31)16-4-2-3-15(11-16)14-29)12-17(20)13-28(24(21)32)19-7-5-18(25)6-8-19/h2-8,11,13,29H,9-10,12,14H2,1H3,(H,26,30). The van der Waals surface area contributed by atoms with Crippen LogP contribution < -0.4 is 10.9 Å². The molecule has 0 radical (unpaired) electrons. The van der Waals surface area contributed by atoms with Crippen LogP contribution in [0, 0.1) is 5.82 Å². The minimum atomic E-state index is -0.502. The zero-order valence-electron chi connectivity index (χ0n) is 17.5. The van der Waals surface area contributed by atoms with E-state index in [0.717, 1.165) is 0 Å². The summed E-state index contributed by atoms with van der Waals surface area (Å²) in [6, 6.07) is 12.2. The molecule has 0 spiro atoms. The molecule has 0 saturated heterocycles. The van der Waals surface area contributed by atoms with Crippen LogP contribution in [-0.2, 0) is 19.6 Å². The van der Waals surface area contributed by atoms with Crippen LogP contribution in [0.2, 0.25) is 0 Å². The number of nitrogens with one attached hydrogen (secondary N) is 1. The van der Waals surface area contributed by atoms with Crippen LogP contribution in [0.3, 0.4) is 0 Å². The van der Waals surface area contributed by atoms with Crippen LogP contribution in [0.1, 0.15) is 37.4 Å². The molecule has 2 amide bonds. The van der Waals surface area contributed by atoms with Crippen LogP contribution in [0.5, 0.6) is 0 Å². The molecular formula is C24H22FN3O4. The first kappa shape index (κ1) is 21.5. The normalized spacial score (nSPS) is 12.9. The minimum absolute atomic E-state index is 0.0312. The van der Waals surface area contributed by atoms with Crippen LogP contribution in [-0.4, -0.2) is 40.0 Å². The molecule has 0 saturated carbocycles. The van der Waals surface area contributed by atoms with Gasteiger partial charge >= 0.3 is 0 Å². The maximum Gasteiger partial charge on any atom is 0.268 e. The van der Waals surface area contributed by atoms with Gasteiger partial charge in [-0.3, -0.25) is 19.0 Å². The first-order chi connectivity index (χ1) is 15.4. The van der Waals surface area contributed by atoms with Gasteiger partial charge in [-0.1, -0.05) is 12.1 Å². The summed E-state index contributed by atoms with van der Waals surface area (Å²) in [6.07, 6.45) is 1.96. The smallest absolute Gasteiger partial charge is 0.268 e. The molecule has 1 aromatic heterocycles. The van der Waals surface area contributed by atoms with Crippen molar-refractivity contribution in [1.82, 2.24) is 14.8 Å². The number of aliphatic hydroxyl groups excluding tert-OH is 1. The Morgan fingerprint density at radius 3 is 2.59 bits per heavy atom. The average Bonchev–Trinajstić information content (AvgIpc) is 2.83. The van der Waals surface area contributed by atoms with Crippen LogP contribution >= 0.6 is 0 Å². The Bertz CT molecular complexity index is 1250. The average molecular weight is 435 g/mol. The fourth-order valence-electron chi connectivity index (χ4n) is 3.97. The summed E-state index contributed by atoms with van der Waals surface area (Å²) in [5, 5.41) is 11.9. The molecule has 0 bridgehead atoms. The van der Waals surface area contributed by atoms with E-state index in [0.29, 0.717) is 40.9 Å². The minimum Gasteiger partial charge on any atom is -0.392 e. The summed E-state index contributed by atoms with van der Waals surface area (Å²) < 4.78 is 14.7. The SMILES string of the molecule is CNC(=O)c1c2c(cn(-c3ccc(F)cc3)c1=O)CN(C(=O)c1cccc(CO)c1)CC2. The molecule has 4 rings (SSSR count). The highest BCUT2D eigenvalue weighted by Crippen LogP contribution is 2.24. The first-order valence-corrected chi connectivity index (χ1v) is 10.2. The molecule has 32 heavy (non-hydrogen) atoms. The van der Waals surface area contributed by atoms with Crippen LogP contribution in [0.4, 0.5) is 4.39 Å². The summed E-state index contributed by atoms with van der Waals surface area (Å²) in [6.45, 7) is 0.394. The number of rotatable bonds is 4. The van der Waals surface area contributed by atoms with Crippen molar-refractivity contribution in [2.75, 3.05) is 13.6 Å².